The second kappa shape index (κ2) is 5.33. The van der Waals surface area contributed by atoms with Crippen molar-refractivity contribution in [2.24, 2.45) is 5.92 Å². The quantitative estimate of drug-likeness (QED) is 0.873. The van der Waals surface area contributed by atoms with E-state index in [9.17, 15) is 4.79 Å². The van der Waals surface area contributed by atoms with Crippen LogP contribution in [-0.4, -0.2) is 39.9 Å². The maximum atomic E-state index is 11.7. The van der Waals surface area contributed by atoms with E-state index in [1.807, 2.05) is 24.8 Å². The Balaban J connectivity index is 1.84. The summed E-state index contributed by atoms with van der Waals surface area (Å²) in [6.07, 6.45) is 2.48. The Bertz CT molecular complexity index is 427. The third-order valence-electron chi connectivity index (χ3n) is 3.13. The Morgan fingerprint density at radius 2 is 2.22 bits per heavy atom. The van der Waals surface area contributed by atoms with Crippen LogP contribution in [-0.2, 0) is 11.2 Å². The van der Waals surface area contributed by atoms with Crippen molar-refractivity contribution in [1.82, 2.24) is 14.9 Å². The Labute approximate surface area is 108 Å². The number of aromatic nitrogens is 2. The lowest BCUT2D eigenvalue weighted by atomic mass is 10.1. The van der Waals surface area contributed by atoms with Gasteiger partial charge in [-0.15, -0.1) is 0 Å². The van der Waals surface area contributed by atoms with Crippen molar-refractivity contribution >= 4 is 11.7 Å². The van der Waals surface area contributed by atoms with Crippen LogP contribution in [0.15, 0.2) is 12.4 Å². The van der Waals surface area contributed by atoms with Crippen molar-refractivity contribution in [1.29, 1.82) is 0 Å². The van der Waals surface area contributed by atoms with E-state index in [0.717, 1.165) is 31.0 Å². The van der Waals surface area contributed by atoms with E-state index in [1.165, 1.54) is 0 Å². The average Bonchev–Trinajstić information content (AvgIpc) is 2.32. The molecular formula is C13H20N4O. The lowest BCUT2D eigenvalue weighted by Crippen LogP contribution is -2.58. The molecule has 2 heterocycles. The molecule has 0 saturated carbocycles. The molecule has 1 N–H and O–H groups in total. The van der Waals surface area contributed by atoms with Crippen LogP contribution in [0.2, 0.25) is 0 Å². The summed E-state index contributed by atoms with van der Waals surface area (Å²) < 4.78 is 0. The second-order valence-electron chi connectivity index (χ2n) is 4.99. The molecule has 5 nitrogen and oxygen atoms in total. The number of carbonyl (C=O) groups excluding carboxylic acids is 1. The van der Waals surface area contributed by atoms with E-state index in [0.29, 0.717) is 6.04 Å². The standard InChI is InChI=1S/C13H20N4O/c1-4-10-5-12(15-8-14-10)16-11-6-17(7-11)13(18)9(2)3/h5,8-9,11H,4,6-7H2,1-3H3,(H,14,15,16). The monoisotopic (exact) mass is 248 g/mol. The predicted molar refractivity (Wildman–Crippen MR) is 70.2 cm³/mol. The molecule has 0 spiro atoms. The first kappa shape index (κ1) is 12.8. The summed E-state index contributed by atoms with van der Waals surface area (Å²) >= 11 is 0. The Morgan fingerprint density at radius 3 is 2.83 bits per heavy atom. The molecule has 1 saturated heterocycles. The van der Waals surface area contributed by atoms with Crippen LogP contribution in [0.25, 0.3) is 0 Å². The molecule has 0 atom stereocenters. The zero-order valence-corrected chi connectivity index (χ0v) is 11.2. The number of anilines is 1. The van der Waals surface area contributed by atoms with Crippen molar-refractivity contribution in [2.45, 2.75) is 33.2 Å². The Kier molecular flexibility index (Phi) is 3.79. The molecule has 1 aromatic heterocycles. The molecule has 1 aliphatic rings. The van der Waals surface area contributed by atoms with Crippen LogP contribution in [0.5, 0.6) is 0 Å². The van der Waals surface area contributed by atoms with Gasteiger partial charge in [0.1, 0.15) is 12.1 Å². The largest absolute Gasteiger partial charge is 0.364 e. The summed E-state index contributed by atoms with van der Waals surface area (Å²) in [6.45, 7) is 7.46. The summed E-state index contributed by atoms with van der Waals surface area (Å²) in [5.74, 6) is 1.16. The fourth-order valence-corrected chi connectivity index (χ4v) is 1.99. The first-order chi connectivity index (χ1) is 8.60. The molecule has 1 amide bonds. The summed E-state index contributed by atoms with van der Waals surface area (Å²) in [4.78, 5) is 21.9. The maximum Gasteiger partial charge on any atom is 0.225 e. The Hall–Kier alpha value is -1.65. The van der Waals surface area contributed by atoms with Crippen molar-refractivity contribution in [3.05, 3.63) is 18.1 Å². The number of amides is 1. The van der Waals surface area contributed by atoms with E-state index < -0.39 is 0 Å². The molecule has 1 fully saturated rings. The summed E-state index contributed by atoms with van der Waals surface area (Å²) in [7, 11) is 0. The average molecular weight is 248 g/mol. The highest BCUT2D eigenvalue weighted by Gasteiger charge is 2.31. The van der Waals surface area contributed by atoms with Gasteiger partial charge in [0.15, 0.2) is 0 Å². The normalized spacial score (nSPS) is 15.7. The van der Waals surface area contributed by atoms with Gasteiger partial charge in [-0.25, -0.2) is 9.97 Å². The minimum atomic E-state index is 0.0803. The highest BCUT2D eigenvalue weighted by Crippen LogP contribution is 2.16. The number of hydrogen-bond donors (Lipinski definition) is 1. The summed E-state index contributed by atoms with van der Waals surface area (Å²) in [6, 6.07) is 2.28. The number of rotatable bonds is 4. The summed E-state index contributed by atoms with van der Waals surface area (Å²) in [5, 5.41) is 3.33. The van der Waals surface area contributed by atoms with Crippen LogP contribution < -0.4 is 5.32 Å². The van der Waals surface area contributed by atoms with Gasteiger partial charge in [-0.2, -0.15) is 0 Å². The van der Waals surface area contributed by atoms with Gasteiger partial charge >= 0.3 is 0 Å². The van der Waals surface area contributed by atoms with E-state index in [2.05, 4.69) is 22.2 Å². The molecule has 0 aliphatic carbocycles. The number of hydrogen-bond acceptors (Lipinski definition) is 4. The lowest BCUT2D eigenvalue weighted by Gasteiger charge is -2.40. The van der Waals surface area contributed by atoms with Gasteiger partial charge < -0.3 is 10.2 Å². The number of likely N-dealkylation sites (tertiary alicyclic amines) is 1. The molecule has 98 valence electrons. The van der Waals surface area contributed by atoms with Crippen molar-refractivity contribution in [2.75, 3.05) is 18.4 Å². The highest BCUT2D eigenvalue weighted by molar-refractivity contribution is 5.79. The molecule has 18 heavy (non-hydrogen) atoms. The van der Waals surface area contributed by atoms with Gasteiger partial charge in [0.05, 0.1) is 6.04 Å². The van der Waals surface area contributed by atoms with Crippen molar-refractivity contribution in [3.8, 4) is 0 Å². The van der Waals surface area contributed by atoms with Gasteiger partial charge in [-0.05, 0) is 6.42 Å². The van der Waals surface area contributed by atoms with Crippen LogP contribution in [0.1, 0.15) is 26.5 Å². The van der Waals surface area contributed by atoms with Crippen LogP contribution in [0.3, 0.4) is 0 Å². The zero-order chi connectivity index (χ0) is 13.1. The van der Waals surface area contributed by atoms with Crippen LogP contribution in [0.4, 0.5) is 5.82 Å². The first-order valence-corrected chi connectivity index (χ1v) is 6.46. The molecular weight excluding hydrogens is 228 g/mol. The number of carbonyl (C=O) groups is 1. The van der Waals surface area contributed by atoms with Crippen LogP contribution >= 0.6 is 0 Å². The van der Waals surface area contributed by atoms with Gasteiger partial charge in [0, 0.05) is 30.8 Å². The second-order valence-corrected chi connectivity index (χ2v) is 4.99. The number of aryl methyl sites for hydroxylation is 1. The van der Waals surface area contributed by atoms with Crippen molar-refractivity contribution in [3.63, 3.8) is 0 Å². The summed E-state index contributed by atoms with van der Waals surface area (Å²) in [5.41, 5.74) is 1.03. The molecule has 1 aliphatic heterocycles. The molecule has 0 unspecified atom stereocenters. The predicted octanol–water partition coefficient (Wildman–Crippen LogP) is 1.32. The van der Waals surface area contributed by atoms with E-state index in [4.69, 9.17) is 0 Å². The number of nitrogens with one attached hydrogen (secondary N) is 1. The molecule has 2 rings (SSSR count). The van der Waals surface area contributed by atoms with E-state index >= 15 is 0 Å². The fourth-order valence-electron chi connectivity index (χ4n) is 1.99. The van der Waals surface area contributed by atoms with E-state index in [-0.39, 0.29) is 11.8 Å². The maximum absolute atomic E-state index is 11.7. The molecule has 0 bridgehead atoms. The Morgan fingerprint density at radius 1 is 1.50 bits per heavy atom. The van der Waals surface area contributed by atoms with Gasteiger partial charge in [0.2, 0.25) is 5.91 Å². The molecule has 1 aromatic rings. The molecule has 0 aromatic carbocycles. The van der Waals surface area contributed by atoms with Crippen molar-refractivity contribution < 1.29 is 4.79 Å². The molecule has 5 heteroatoms. The highest BCUT2D eigenvalue weighted by atomic mass is 16.2. The minimum absolute atomic E-state index is 0.0803. The zero-order valence-electron chi connectivity index (χ0n) is 11.2. The van der Waals surface area contributed by atoms with E-state index in [1.54, 1.807) is 6.33 Å². The molecule has 0 radical (unpaired) electrons. The SMILES string of the molecule is CCc1cc(NC2CN(C(=O)C(C)C)C2)ncn1. The van der Waals surface area contributed by atoms with Gasteiger partial charge in [-0.1, -0.05) is 20.8 Å². The number of nitrogens with zero attached hydrogens (tertiary/aromatic N) is 3. The fraction of sp³-hybridized carbons (Fsp3) is 0.615. The third-order valence-corrected chi connectivity index (χ3v) is 3.13. The van der Waals surface area contributed by atoms with Gasteiger partial charge in [0.25, 0.3) is 0 Å². The lowest BCUT2D eigenvalue weighted by molar-refractivity contribution is -0.138. The first-order valence-electron chi connectivity index (χ1n) is 6.46. The third kappa shape index (κ3) is 2.78. The van der Waals surface area contributed by atoms with Gasteiger partial charge in [-0.3, -0.25) is 4.79 Å². The minimum Gasteiger partial charge on any atom is -0.364 e. The van der Waals surface area contributed by atoms with Crippen LogP contribution in [0, 0.1) is 5.92 Å². The smallest absolute Gasteiger partial charge is 0.225 e. The topological polar surface area (TPSA) is 58.1 Å².